The summed E-state index contributed by atoms with van der Waals surface area (Å²) >= 11 is 12.5. The van der Waals surface area contributed by atoms with Gasteiger partial charge >= 0.3 is 0 Å². The van der Waals surface area contributed by atoms with Crippen LogP contribution in [0, 0.1) is 5.41 Å². The number of allylic oxidation sites excluding steroid dienone is 3. The molecule has 0 unspecified atom stereocenters. The molecule has 1 aliphatic rings. The van der Waals surface area contributed by atoms with Gasteiger partial charge in [-0.25, -0.2) is 0 Å². The van der Waals surface area contributed by atoms with Crippen molar-refractivity contribution in [2.24, 2.45) is 10.6 Å². The first-order valence-electron chi connectivity index (χ1n) is 6.39. The third kappa shape index (κ3) is 3.08. The second kappa shape index (κ2) is 5.63. The fraction of sp³-hybridized carbons (Fsp3) is 0.312. The SMILES string of the molecule is C=C(C1=C/C(=N/O)CC(C)(C)C1)c1c(Cl)cccc1Cl. The maximum absolute atomic E-state index is 9.06. The van der Waals surface area contributed by atoms with Gasteiger partial charge in [-0.3, -0.25) is 0 Å². The molecule has 4 heteroatoms. The summed E-state index contributed by atoms with van der Waals surface area (Å²) in [4.78, 5) is 0. The highest BCUT2D eigenvalue weighted by Crippen LogP contribution is 2.42. The van der Waals surface area contributed by atoms with Crippen LogP contribution in [0.2, 0.25) is 10.0 Å². The standard InChI is InChI=1S/C16H17Cl2NO/c1-10(15-13(17)5-4-6-14(15)18)11-7-12(19-20)9-16(2,3)8-11/h4-7,20H,1,8-9H2,2-3H3/b19-12-. The molecule has 1 aliphatic carbocycles. The first-order chi connectivity index (χ1) is 9.34. The first kappa shape index (κ1) is 15.1. The topological polar surface area (TPSA) is 32.6 Å². The van der Waals surface area contributed by atoms with Crippen molar-refractivity contribution in [3.63, 3.8) is 0 Å². The fourth-order valence-corrected chi connectivity index (χ4v) is 3.20. The lowest BCUT2D eigenvalue weighted by molar-refractivity contribution is 0.308. The van der Waals surface area contributed by atoms with Crippen molar-refractivity contribution in [3.8, 4) is 0 Å². The van der Waals surface area contributed by atoms with E-state index in [-0.39, 0.29) is 5.41 Å². The van der Waals surface area contributed by atoms with E-state index in [0.29, 0.717) is 15.8 Å². The van der Waals surface area contributed by atoms with E-state index in [9.17, 15) is 0 Å². The lowest BCUT2D eigenvalue weighted by Crippen LogP contribution is -2.22. The van der Waals surface area contributed by atoms with E-state index < -0.39 is 0 Å². The molecule has 0 saturated carbocycles. The summed E-state index contributed by atoms with van der Waals surface area (Å²) in [6.45, 7) is 8.39. The van der Waals surface area contributed by atoms with Gasteiger partial charge in [0.15, 0.2) is 0 Å². The summed E-state index contributed by atoms with van der Waals surface area (Å²) in [5.74, 6) is 0. The zero-order valence-electron chi connectivity index (χ0n) is 11.6. The molecule has 2 nitrogen and oxygen atoms in total. The molecule has 20 heavy (non-hydrogen) atoms. The summed E-state index contributed by atoms with van der Waals surface area (Å²) in [6, 6.07) is 5.40. The minimum atomic E-state index is 0.0162. The van der Waals surface area contributed by atoms with E-state index in [0.717, 1.165) is 29.6 Å². The molecule has 0 aromatic heterocycles. The Morgan fingerprint density at radius 2 is 1.85 bits per heavy atom. The van der Waals surface area contributed by atoms with Gasteiger partial charge < -0.3 is 5.21 Å². The minimum Gasteiger partial charge on any atom is -0.411 e. The van der Waals surface area contributed by atoms with Gasteiger partial charge in [0.1, 0.15) is 0 Å². The van der Waals surface area contributed by atoms with Gasteiger partial charge in [-0.15, -0.1) is 0 Å². The van der Waals surface area contributed by atoms with E-state index in [1.54, 1.807) is 18.2 Å². The zero-order valence-corrected chi connectivity index (χ0v) is 13.1. The molecule has 0 spiro atoms. The average Bonchev–Trinajstić information content (AvgIpc) is 2.36. The van der Waals surface area contributed by atoms with Gasteiger partial charge in [-0.2, -0.15) is 0 Å². The van der Waals surface area contributed by atoms with Crippen molar-refractivity contribution >= 4 is 34.5 Å². The highest BCUT2D eigenvalue weighted by molar-refractivity contribution is 6.38. The van der Waals surface area contributed by atoms with Crippen molar-refractivity contribution in [2.75, 3.05) is 0 Å². The van der Waals surface area contributed by atoms with Gasteiger partial charge in [0.05, 0.1) is 5.71 Å². The van der Waals surface area contributed by atoms with Crippen molar-refractivity contribution in [3.05, 3.63) is 52.0 Å². The Morgan fingerprint density at radius 3 is 2.40 bits per heavy atom. The van der Waals surface area contributed by atoms with Crippen LogP contribution in [0.25, 0.3) is 5.57 Å². The summed E-state index contributed by atoms with van der Waals surface area (Å²) in [6.07, 6.45) is 3.44. The second-order valence-electron chi connectivity index (χ2n) is 5.85. The predicted octanol–water partition coefficient (Wildman–Crippen LogP) is 5.58. The molecule has 0 aliphatic heterocycles. The number of rotatable bonds is 2. The maximum Gasteiger partial charge on any atom is 0.0804 e. The molecule has 1 aromatic rings. The number of nitrogens with zero attached hydrogens (tertiary/aromatic N) is 1. The Hall–Kier alpha value is -1.25. The number of hydrogen-bond acceptors (Lipinski definition) is 2. The van der Waals surface area contributed by atoms with E-state index in [4.69, 9.17) is 28.4 Å². The highest BCUT2D eigenvalue weighted by Gasteiger charge is 2.28. The quantitative estimate of drug-likeness (QED) is 0.561. The molecular formula is C16H17Cl2NO. The third-order valence-corrected chi connectivity index (χ3v) is 4.08. The molecule has 0 amide bonds. The Labute approximate surface area is 129 Å². The molecular weight excluding hydrogens is 293 g/mol. The summed E-state index contributed by atoms with van der Waals surface area (Å²) in [7, 11) is 0. The Kier molecular flexibility index (Phi) is 4.26. The van der Waals surface area contributed by atoms with Crippen molar-refractivity contribution in [1.29, 1.82) is 0 Å². The predicted molar refractivity (Wildman–Crippen MR) is 85.8 cm³/mol. The van der Waals surface area contributed by atoms with Crippen LogP contribution < -0.4 is 0 Å². The van der Waals surface area contributed by atoms with Crippen molar-refractivity contribution < 1.29 is 5.21 Å². The molecule has 1 N–H and O–H groups in total. The third-order valence-electron chi connectivity index (χ3n) is 3.45. The van der Waals surface area contributed by atoms with E-state index >= 15 is 0 Å². The van der Waals surface area contributed by atoms with Crippen LogP contribution >= 0.6 is 23.2 Å². The fourth-order valence-electron chi connectivity index (χ4n) is 2.58. The summed E-state index contributed by atoms with van der Waals surface area (Å²) in [5, 5.41) is 13.6. The Balaban J connectivity index is 2.46. The molecule has 0 bridgehead atoms. The normalized spacial score (nSPS) is 19.8. The van der Waals surface area contributed by atoms with E-state index in [2.05, 4.69) is 25.6 Å². The van der Waals surface area contributed by atoms with Crippen LogP contribution in [0.5, 0.6) is 0 Å². The van der Waals surface area contributed by atoms with Gasteiger partial charge in [0.2, 0.25) is 0 Å². The van der Waals surface area contributed by atoms with Crippen molar-refractivity contribution in [1.82, 2.24) is 0 Å². The van der Waals surface area contributed by atoms with Crippen LogP contribution in [0.15, 0.2) is 41.6 Å². The lowest BCUT2D eigenvalue weighted by Gasteiger charge is -2.31. The molecule has 0 heterocycles. The van der Waals surface area contributed by atoms with Crippen LogP contribution in [0.1, 0.15) is 32.3 Å². The number of benzene rings is 1. The van der Waals surface area contributed by atoms with Crippen LogP contribution in [-0.2, 0) is 0 Å². The molecule has 2 rings (SSSR count). The van der Waals surface area contributed by atoms with E-state index in [1.165, 1.54) is 0 Å². The summed E-state index contributed by atoms with van der Waals surface area (Å²) < 4.78 is 0. The monoisotopic (exact) mass is 309 g/mol. The number of oxime groups is 1. The minimum absolute atomic E-state index is 0.0162. The summed E-state index contributed by atoms with van der Waals surface area (Å²) in [5.41, 5.74) is 3.21. The Morgan fingerprint density at radius 1 is 1.25 bits per heavy atom. The van der Waals surface area contributed by atoms with Gasteiger partial charge in [-0.1, -0.05) is 54.9 Å². The number of hydrogen-bond donors (Lipinski definition) is 1. The lowest BCUT2D eigenvalue weighted by atomic mass is 9.74. The van der Waals surface area contributed by atoms with Crippen LogP contribution in [0.4, 0.5) is 0 Å². The molecule has 106 valence electrons. The smallest absolute Gasteiger partial charge is 0.0804 e. The maximum atomic E-state index is 9.06. The number of halogens is 2. The molecule has 0 saturated heterocycles. The Bertz CT molecular complexity index is 595. The van der Waals surface area contributed by atoms with Gasteiger partial charge in [0, 0.05) is 15.6 Å². The highest BCUT2D eigenvalue weighted by atomic mass is 35.5. The molecule has 0 radical (unpaired) electrons. The zero-order chi connectivity index (χ0) is 14.9. The molecule has 1 aromatic carbocycles. The van der Waals surface area contributed by atoms with E-state index in [1.807, 2.05) is 6.08 Å². The van der Waals surface area contributed by atoms with Crippen LogP contribution in [-0.4, -0.2) is 10.9 Å². The molecule has 0 fully saturated rings. The molecule has 0 atom stereocenters. The first-order valence-corrected chi connectivity index (χ1v) is 7.15. The van der Waals surface area contributed by atoms with Gasteiger partial charge in [-0.05, 0) is 47.6 Å². The van der Waals surface area contributed by atoms with Gasteiger partial charge in [0.25, 0.3) is 0 Å². The van der Waals surface area contributed by atoms with Crippen molar-refractivity contribution in [2.45, 2.75) is 26.7 Å². The second-order valence-corrected chi connectivity index (χ2v) is 6.67. The largest absolute Gasteiger partial charge is 0.411 e. The van der Waals surface area contributed by atoms with Crippen LogP contribution in [0.3, 0.4) is 0 Å². The average molecular weight is 310 g/mol.